The summed E-state index contributed by atoms with van der Waals surface area (Å²) in [4.78, 5) is 4.15. The molecule has 13 heavy (non-hydrogen) atoms. The lowest BCUT2D eigenvalue weighted by atomic mass is 10.1. The van der Waals surface area contributed by atoms with E-state index in [2.05, 4.69) is 4.98 Å². The molecule has 0 aliphatic carbocycles. The second kappa shape index (κ2) is 3.41. The van der Waals surface area contributed by atoms with Gasteiger partial charge in [0.2, 0.25) is 0 Å². The average Bonchev–Trinajstić information content (AvgIpc) is 2.71. The zero-order chi connectivity index (χ0) is 9.10. The van der Waals surface area contributed by atoms with Gasteiger partial charge in [-0.3, -0.25) is 4.98 Å². The monoisotopic (exact) mass is 174 g/mol. The number of rotatable bonds is 2. The minimum atomic E-state index is -0.267. The summed E-state index contributed by atoms with van der Waals surface area (Å²) in [5.41, 5.74) is 6.72. The fourth-order valence-corrected chi connectivity index (χ4v) is 1.17. The first kappa shape index (κ1) is 8.01. The number of nitrogens with two attached hydrogens (primary N) is 1. The third kappa shape index (κ3) is 1.60. The molecule has 0 unspecified atom stereocenters. The van der Waals surface area contributed by atoms with E-state index in [9.17, 15) is 0 Å². The van der Waals surface area contributed by atoms with Crippen molar-refractivity contribution in [3.8, 4) is 0 Å². The molecule has 0 saturated heterocycles. The van der Waals surface area contributed by atoms with Crippen molar-refractivity contribution >= 4 is 0 Å². The second-order valence-electron chi connectivity index (χ2n) is 2.75. The van der Waals surface area contributed by atoms with Crippen molar-refractivity contribution in [1.29, 1.82) is 0 Å². The Hall–Kier alpha value is -1.61. The fourth-order valence-electron chi connectivity index (χ4n) is 1.17. The van der Waals surface area contributed by atoms with Gasteiger partial charge in [0.25, 0.3) is 0 Å². The number of aromatic nitrogens is 1. The Bertz CT molecular complexity index is 356. The Morgan fingerprint density at radius 3 is 2.77 bits per heavy atom. The summed E-state index contributed by atoms with van der Waals surface area (Å²) in [6.07, 6.45) is 3.33. The predicted molar refractivity (Wildman–Crippen MR) is 49.0 cm³/mol. The van der Waals surface area contributed by atoms with E-state index < -0.39 is 0 Å². The molecule has 0 fully saturated rings. The molecule has 2 heterocycles. The van der Waals surface area contributed by atoms with Gasteiger partial charge in [-0.2, -0.15) is 0 Å². The van der Waals surface area contributed by atoms with Crippen molar-refractivity contribution in [1.82, 2.24) is 4.98 Å². The van der Waals surface area contributed by atoms with E-state index in [1.807, 2.05) is 30.3 Å². The predicted octanol–water partition coefficient (Wildman–Crippen LogP) is 1.72. The summed E-state index contributed by atoms with van der Waals surface area (Å²) in [7, 11) is 0. The first-order valence-corrected chi connectivity index (χ1v) is 4.08. The Morgan fingerprint density at radius 1 is 1.23 bits per heavy atom. The second-order valence-corrected chi connectivity index (χ2v) is 2.75. The number of hydrogen-bond donors (Lipinski definition) is 1. The molecule has 2 N–H and O–H groups in total. The molecule has 0 aliphatic rings. The van der Waals surface area contributed by atoms with Crippen LogP contribution in [0.4, 0.5) is 0 Å². The maximum Gasteiger partial charge on any atom is 0.126 e. The van der Waals surface area contributed by atoms with Crippen LogP contribution in [0.15, 0.2) is 47.2 Å². The van der Waals surface area contributed by atoms with E-state index in [0.717, 1.165) is 11.5 Å². The quantitative estimate of drug-likeness (QED) is 0.754. The number of hydrogen-bond acceptors (Lipinski definition) is 3. The van der Waals surface area contributed by atoms with Crippen LogP contribution in [0.1, 0.15) is 17.5 Å². The Balaban J connectivity index is 2.29. The molecular formula is C10H10N2O. The van der Waals surface area contributed by atoms with E-state index in [-0.39, 0.29) is 6.04 Å². The number of pyridine rings is 1. The average molecular weight is 174 g/mol. The molecule has 2 aromatic rings. The topological polar surface area (TPSA) is 52.0 Å². The van der Waals surface area contributed by atoms with Crippen molar-refractivity contribution in [3.05, 3.63) is 54.2 Å². The van der Waals surface area contributed by atoms with Gasteiger partial charge in [-0.25, -0.2) is 0 Å². The summed E-state index contributed by atoms with van der Waals surface area (Å²) in [6.45, 7) is 0. The molecule has 0 spiro atoms. The van der Waals surface area contributed by atoms with Gasteiger partial charge >= 0.3 is 0 Å². The van der Waals surface area contributed by atoms with Crippen LogP contribution in [0.3, 0.4) is 0 Å². The molecule has 0 aromatic carbocycles. The van der Waals surface area contributed by atoms with E-state index >= 15 is 0 Å². The van der Waals surface area contributed by atoms with Crippen LogP contribution < -0.4 is 5.73 Å². The third-order valence-corrected chi connectivity index (χ3v) is 1.86. The largest absolute Gasteiger partial charge is 0.467 e. The minimum absolute atomic E-state index is 0.267. The van der Waals surface area contributed by atoms with Crippen molar-refractivity contribution in [2.24, 2.45) is 5.73 Å². The summed E-state index contributed by atoms with van der Waals surface area (Å²) < 4.78 is 5.18. The first-order chi connectivity index (χ1) is 6.38. The highest BCUT2D eigenvalue weighted by molar-refractivity contribution is 5.18. The number of nitrogens with zero attached hydrogens (tertiary/aromatic N) is 1. The highest BCUT2D eigenvalue weighted by Gasteiger charge is 2.11. The fraction of sp³-hybridized carbons (Fsp3) is 0.100. The molecule has 0 radical (unpaired) electrons. The molecular weight excluding hydrogens is 164 g/mol. The third-order valence-electron chi connectivity index (χ3n) is 1.86. The van der Waals surface area contributed by atoms with E-state index in [1.165, 1.54) is 0 Å². The SMILES string of the molecule is N[C@H](c1ccccn1)c1ccco1. The van der Waals surface area contributed by atoms with Crippen molar-refractivity contribution in [3.63, 3.8) is 0 Å². The summed E-state index contributed by atoms with van der Waals surface area (Å²) >= 11 is 0. The van der Waals surface area contributed by atoms with Crippen molar-refractivity contribution < 1.29 is 4.42 Å². The first-order valence-electron chi connectivity index (χ1n) is 4.08. The standard InChI is InChI=1S/C10H10N2O/c11-10(9-5-3-7-13-9)8-4-1-2-6-12-8/h1-7,10H,11H2/t10-/m1/s1. The van der Waals surface area contributed by atoms with Gasteiger partial charge in [0, 0.05) is 6.20 Å². The Morgan fingerprint density at radius 2 is 2.15 bits per heavy atom. The molecule has 0 amide bonds. The normalized spacial score (nSPS) is 12.7. The van der Waals surface area contributed by atoms with E-state index in [4.69, 9.17) is 10.2 Å². The molecule has 0 aliphatic heterocycles. The van der Waals surface area contributed by atoms with E-state index in [0.29, 0.717) is 0 Å². The maximum absolute atomic E-state index is 5.90. The lowest BCUT2D eigenvalue weighted by molar-refractivity contribution is 0.486. The number of furan rings is 1. The Labute approximate surface area is 76.2 Å². The van der Waals surface area contributed by atoms with Gasteiger partial charge in [-0.15, -0.1) is 0 Å². The van der Waals surface area contributed by atoms with Gasteiger partial charge in [0.05, 0.1) is 12.0 Å². The summed E-state index contributed by atoms with van der Waals surface area (Å²) in [5, 5.41) is 0. The zero-order valence-corrected chi connectivity index (χ0v) is 7.05. The zero-order valence-electron chi connectivity index (χ0n) is 7.05. The van der Waals surface area contributed by atoms with Gasteiger partial charge in [-0.05, 0) is 24.3 Å². The van der Waals surface area contributed by atoms with E-state index in [1.54, 1.807) is 12.5 Å². The minimum Gasteiger partial charge on any atom is -0.467 e. The van der Waals surface area contributed by atoms with Crippen molar-refractivity contribution in [2.45, 2.75) is 6.04 Å². The van der Waals surface area contributed by atoms with Gasteiger partial charge in [-0.1, -0.05) is 6.07 Å². The highest BCUT2D eigenvalue weighted by Crippen LogP contribution is 2.16. The molecule has 2 rings (SSSR count). The van der Waals surface area contributed by atoms with Crippen LogP contribution >= 0.6 is 0 Å². The lowest BCUT2D eigenvalue weighted by Crippen LogP contribution is -2.12. The highest BCUT2D eigenvalue weighted by atomic mass is 16.3. The van der Waals surface area contributed by atoms with Gasteiger partial charge in [0.1, 0.15) is 11.8 Å². The molecule has 66 valence electrons. The Kier molecular flexibility index (Phi) is 2.10. The van der Waals surface area contributed by atoms with Crippen LogP contribution in [0, 0.1) is 0 Å². The lowest BCUT2D eigenvalue weighted by Gasteiger charge is -2.06. The maximum atomic E-state index is 5.90. The van der Waals surface area contributed by atoms with Crippen LogP contribution in [-0.2, 0) is 0 Å². The van der Waals surface area contributed by atoms with Crippen LogP contribution in [0.5, 0.6) is 0 Å². The molecule has 2 aromatic heterocycles. The smallest absolute Gasteiger partial charge is 0.126 e. The summed E-state index contributed by atoms with van der Waals surface area (Å²) in [6, 6.07) is 9.05. The molecule has 0 bridgehead atoms. The molecule has 0 saturated carbocycles. The molecule has 3 nitrogen and oxygen atoms in total. The van der Waals surface area contributed by atoms with Crippen LogP contribution in [0.25, 0.3) is 0 Å². The molecule has 3 heteroatoms. The van der Waals surface area contributed by atoms with Crippen molar-refractivity contribution in [2.75, 3.05) is 0 Å². The van der Waals surface area contributed by atoms with Crippen LogP contribution in [-0.4, -0.2) is 4.98 Å². The summed E-state index contributed by atoms with van der Waals surface area (Å²) in [5.74, 6) is 0.735. The van der Waals surface area contributed by atoms with Gasteiger partial charge < -0.3 is 10.2 Å². The van der Waals surface area contributed by atoms with Gasteiger partial charge in [0.15, 0.2) is 0 Å². The van der Waals surface area contributed by atoms with Crippen LogP contribution in [0.2, 0.25) is 0 Å². The molecule has 1 atom stereocenters.